The van der Waals surface area contributed by atoms with Crippen LogP contribution >= 0.6 is 0 Å². The molecule has 1 aromatic heterocycles. The third-order valence-electron chi connectivity index (χ3n) is 3.91. The van der Waals surface area contributed by atoms with Gasteiger partial charge in [0.25, 0.3) is 0 Å². The fraction of sp³-hybridized carbons (Fsp3) is 0.0476. The third kappa shape index (κ3) is 3.02. The number of ketones is 1. The van der Waals surface area contributed by atoms with Crippen LogP contribution in [0, 0.1) is 6.92 Å². The van der Waals surface area contributed by atoms with Gasteiger partial charge in [-0.3, -0.25) is 4.79 Å². The molecule has 4 rings (SSSR count). The normalized spacial score (nSPS) is 14.2. The lowest BCUT2D eigenvalue weighted by atomic mass is 10.1. The molecule has 5 heteroatoms. The third-order valence-corrected chi connectivity index (χ3v) is 3.91. The number of ether oxygens (including phenoxy) is 2. The van der Waals surface area contributed by atoms with Crippen LogP contribution in [0.3, 0.4) is 0 Å². The molecule has 0 fully saturated rings. The van der Waals surface area contributed by atoms with E-state index in [1.54, 1.807) is 24.3 Å². The van der Waals surface area contributed by atoms with Crippen LogP contribution in [0.5, 0.6) is 11.5 Å². The summed E-state index contributed by atoms with van der Waals surface area (Å²) in [7, 11) is 0. The first-order valence-electron chi connectivity index (χ1n) is 8.01. The zero-order valence-electron chi connectivity index (χ0n) is 13.9. The van der Waals surface area contributed by atoms with Crippen molar-refractivity contribution >= 4 is 17.8 Å². The highest BCUT2D eigenvalue weighted by atomic mass is 16.5. The van der Waals surface area contributed by atoms with Crippen molar-refractivity contribution in [2.24, 2.45) is 0 Å². The van der Waals surface area contributed by atoms with Crippen molar-refractivity contribution in [2.75, 3.05) is 0 Å². The fourth-order valence-electron chi connectivity index (χ4n) is 2.69. The van der Waals surface area contributed by atoms with Gasteiger partial charge in [-0.15, -0.1) is 0 Å². The predicted octanol–water partition coefficient (Wildman–Crippen LogP) is 4.42. The molecule has 26 heavy (non-hydrogen) atoms. The fourth-order valence-corrected chi connectivity index (χ4v) is 2.69. The summed E-state index contributed by atoms with van der Waals surface area (Å²) >= 11 is 0. The average Bonchev–Trinajstić information content (AvgIpc) is 3.24. The Bertz CT molecular complexity index is 1030. The maximum Gasteiger partial charge on any atom is 0.379 e. The number of allylic oxidation sites excluding steroid dienone is 1. The van der Waals surface area contributed by atoms with Crippen molar-refractivity contribution < 1.29 is 23.5 Å². The number of carbonyl (C=O) groups is 2. The highest BCUT2D eigenvalue weighted by molar-refractivity contribution is 6.14. The lowest BCUT2D eigenvalue weighted by Crippen LogP contribution is -2.07. The predicted molar refractivity (Wildman–Crippen MR) is 94.2 cm³/mol. The minimum absolute atomic E-state index is 0.0996. The van der Waals surface area contributed by atoms with Gasteiger partial charge in [0.2, 0.25) is 11.5 Å². The molecule has 2 heterocycles. The van der Waals surface area contributed by atoms with Crippen LogP contribution in [-0.2, 0) is 0 Å². The molecule has 0 spiro atoms. The molecule has 3 aromatic rings. The first kappa shape index (κ1) is 15.9. The number of aryl methyl sites for hydroxylation is 1. The highest BCUT2D eigenvalue weighted by Gasteiger charge is 2.28. The second-order valence-electron chi connectivity index (χ2n) is 5.88. The molecule has 1 aliphatic heterocycles. The maximum absolute atomic E-state index is 12.5. The summed E-state index contributed by atoms with van der Waals surface area (Å²) in [4.78, 5) is 24.4. The van der Waals surface area contributed by atoms with Gasteiger partial charge in [-0.05, 0) is 42.8 Å². The Morgan fingerprint density at radius 2 is 1.96 bits per heavy atom. The number of Topliss-reactive ketones (excluding diaryl/α,β-unsaturated/α-hetero) is 1. The number of hydrogen-bond donors (Lipinski definition) is 0. The molecule has 2 aromatic carbocycles. The van der Waals surface area contributed by atoms with Crippen molar-refractivity contribution in [3.8, 4) is 11.5 Å². The Morgan fingerprint density at radius 3 is 2.73 bits per heavy atom. The zero-order chi connectivity index (χ0) is 18.1. The largest absolute Gasteiger partial charge is 0.457 e. The van der Waals surface area contributed by atoms with Gasteiger partial charge in [0.15, 0.2) is 5.76 Å². The van der Waals surface area contributed by atoms with Gasteiger partial charge in [0.05, 0.1) is 11.8 Å². The van der Waals surface area contributed by atoms with Crippen molar-refractivity contribution in [3.63, 3.8) is 0 Å². The number of benzene rings is 2. The lowest BCUT2D eigenvalue weighted by molar-refractivity contribution is 0.0701. The van der Waals surface area contributed by atoms with Crippen LogP contribution in [-0.4, -0.2) is 11.8 Å². The molecule has 128 valence electrons. The molecule has 0 saturated carbocycles. The van der Waals surface area contributed by atoms with Gasteiger partial charge in [-0.25, -0.2) is 4.79 Å². The van der Waals surface area contributed by atoms with Crippen LogP contribution in [0.15, 0.2) is 71.0 Å². The molecule has 0 saturated heterocycles. The Labute approximate surface area is 149 Å². The van der Waals surface area contributed by atoms with Crippen molar-refractivity contribution in [1.29, 1.82) is 0 Å². The van der Waals surface area contributed by atoms with Gasteiger partial charge < -0.3 is 13.9 Å². The summed E-state index contributed by atoms with van der Waals surface area (Å²) in [6, 6.07) is 15.5. The van der Waals surface area contributed by atoms with E-state index in [1.165, 1.54) is 18.4 Å². The quantitative estimate of drug-likeness (QED) is 0.399. The minimum Gasteiger partial charge on any atom is -0.457 e. The van der Waals surface area contributed by atoms with E-state index in [4.69, 9.17) is 13.9 Å². The monoisotopic (exact) mass is 346 g/mol. The van der Waals surface area contributed by atoms with Crippen molar-refractivity contribution in [1.82, 2.24) is 0 Å². The second kappa shape index (κ2) is 6.37. The summed E-state index contributed by atoms with van der Waals surface area (Å²) in [6.45, 7) is 1.98. The lowest BCUT2D eigenvalue weighted by Gasteiger charge is -2.04. The van der Waals surface area contributed by atoms with E-state index in [1.807, 2.05) is 31.2 Å². The Kier molecular flexibility index (Phi) is 3.89. The summed E-state index contributed by atoms with van der Waals surface area (Å²) in [5, 5.41) is 0. The number of rotatable bonds is 3. The summed E-state index contributed by atoms with van der Waals surface area (Å²) in [6.07, 6.45) is 3.09. The second-order valence-corrected chi connectivity index (χ2v) is 5.88. The van der Waals surface area contributed by atoms with Crippen LogP contribution < -0.4 is 9.47 Å². The maximum atomic E-state index is 12.5. The Hall–Kier alpha value is -3.60. The number of furan rings is 1. The van der Waals surface area contributed by atoms with Crippen molar-refractivity contribution in [2.45, 2.75) is 6.92 Å². The molecule has 0 bridgehead atoms. The van der Waals surface area contributed by atoms with Gasteiger partial charge in [-0.1, -0.05) is 29.8 Å². The Morgan fingerprint density at radius 1 is 1.08 bits per heavy atom. The number of hydrogen-bond acceptors (Lipinski definition) is 5. The average molecular weight is 346 g/mol. The standard InChI is InChI=1S/C21H14O5/c1-13-4-2-5-14(10-13)11-19-20(22)16-8-7-15(12-18(16)26-19)25-21(23)17-6-3-9-24-17/h2-12H,1H3. The number of esters is 1. The van der Waals surface area contributed by atoms with Gasteiger partial charge in [0.1, 0.15) is 11.5 Å². The number of fused-ring (bicyclic) bond motifs is 1. The molecule has 0 unspecified atom stereocenters. The van der Waals surface area contributed by atoms with E-state index < -0.39 is 5.97 Å². The Balaban J connectivity index is 1.58. The van der Waals surface area contributed by atoms with Gasteiger partial charge in [-0.2, -0.15) is 0 Å². The van der Waals surface area contributed by atoms with Crippen LogP contribution in [0.4, 0.5) is 0 Å². The summed E-state index contributed by atoms with van der Waals surface area (Å²) in [5.74, 6) is 0.149. The van der Waals surface area contributed by atoms with E-state index in [0.29, 0.717) is 11.3 Å². The smallest absolute Gasteiger partial charge is 0.379 e. The molecular formula is C21H14O5. The SMILES string of the molecule is Cc1cccc(C=C2Oc3cc(OC(=O)c4ccco4)ccc3C2=O)c1. The van der Waals surface area contributed by atoms with E-state index in [9.17, 15) is 9.59 Å². The van der Waals surface area contributed by atoms with E-state index in [0.717, 1.165) is 11.1 Å². The van der Waals surface area contributed by atoms with E-state index >= 15 is 0 Å². The molecule has 0 amide bonds. The van der Waals surface area contributed by atoms with E-state index in [2.05, 4.69) is 0 Å². The zero-order valence-corrected chi connectivity index (χ0v) is 13.9. The molecule has 0 N–H and O–H groups in total. The molecule has 1 aliphatic rings. The molecule has 0 atom stereocenters. The van der Waals surface area contributed by atoms with Gasteiger partial charge in [0, 0.05) is 6.07 Å². The molecule has 0 aliphatic carbocycles. The number of carbonyl (C=O) groups excluding carboxylic acids is 2. The first-order chi connectivity index (χ1) is 12.6. The minimum atomic E-state index is -0.616. The molecule has 5 nitrogen and oxygen atoms in total. The summed E-state index contributed by atoms with van der Waals surface area (Å²) < 4.78 is 15.9. The van der Waals surface area contributed by atoms with Crippen molar-refractivity contribution in [3.05, 3.63) is 89.1 Å². The van der Waals surface area contributed by atoms with Crippen LogP contribution in [0.2, 0.25) is 0 Å². The topological polar surface area (TPSA) is 65.7 Å². The van der Waals surface area contributed by atoms with E-state index in [-0.39, 0.29) is 23.1 Å². The molecule has 0 radical (unpaired) electrons. The van der Waals surface area contributed by atoms with Crippen LogP contribution in [0.25, 0.3) is 6.08 Å². The summed E-state index contributed by atoms with van der Waals surface area (Å²) in [5.41, 5.74) is 2.40. The van der Waals surface area contributed by atoms with Crippen LogP contribution in [0.1, 0.15) is 32.0 Å². The molecular weight excluding hydrogens is 332 g/mol. The highest BCUT2D eigenvalue weighted by Crippen LogP contribution is 2.35. The van der Waals surface area contributed by atoms with Gasteiger partial charge >= 0.3 is 5.97 Å². The first-order valence-corrected chi connectivity index (χ1v) is 8.01.